The minimum absolute atomic E-state index is 0.0801. The van der Waals surface area contributed by atoms with Crippen molar-refractivity contribution in [1.82, 2.24) is 35.7 Å². The van der Waals surface area contributed by atoms with Gasteiger partial charge in [-0.3, -0.25) is 9.48 Å². The molecule has 0 atom stereocenters. The van der Waals surface area contributed by atoms with Crippen LogP contribution in [-0.2, 0) is 13.0 Å². The topological polar surface area (TPSA) is 101 Å². The first-order valence-electron chi connectivity index (χ1n) is 14.0. The van der Waals surface area contributed by atoms with Gasteiger partial charge in [-0.1, -0.05) is 101 Å². The number of aromatic nitrogens is 6. The Balaban J connectivity index is 1.42. The molecule has 1 amide bonds. The molecule has 4 rings (SSSR count). The molecule has 0 aliphatic carbocycles. The number of H-pyrrole nitrogens is 1. The molecule has 0 bridgehead atoms. The monoisotopic (exact) mass is 513 g/mol. The zero-order chi connectivity index (χ0) is 26.6. The molecule has 2 aromatic carbocycles. The lowest BCUT2D eigenvalue weighted by atomic mass is 9.98. The predicted molar refractivity (Wildman–Crippen MR) is 151 cm³/mol. The number of nitrogens with one attached hydrogen (secondary N) is 2. The third kappa shape index (κ3) is 7.37. The minimum Gasteiger partial charge on any atom is -0.351 e. The maximum Gasteiger partial charge on any atom is 0.271 e. The molecule has 4 aromatic rings. The van der Waals surface area contributed by atoms with E-state index in [4.69, 9.17) is 5.10 Å². The van der Waals surface area contributed by atoms with E-state index in [2.05, 4.69) is 70.1 Å². The summed E-state index contributed by atoms with van der Waals surface area (Å²) < 4.78 is 1.98. The van der Waals surface area contributed by atoms with Crippen molar-refractivity contribution in [1.29, 1.82) is 0 Å². The maximum atomic E-state index is 12.8. The summed E-state index contributed by atoms with van der Waals surface area (Å²) in [6.07, 6.45) is 10.3. The first-order chi connectivity index (χ1) is 18.7. The SMILES string of the molecule is CCCCCCCCNC(=O)c1cc(CCCC)n(Cc2ccc(-c3ccccc3-c3nn[nH]n3)cc2)n1. The Hall–Kier alpha value is -3.81. The number of nitrogens with zero attached hydrogens (tertiary/aromatic N) is 5. The molecule has 2 heterocycles. The van der Waals surface area contributed by atoms with Crippen LogP contribution in [0.15, 0.2) is 54.6 Å². The largest absolute Gasteiger partial charge is 0.351 e. The van der Waals surface area contributed by atoms with Crippen LogP contribution in [0.25, 0.3) is 22.5 Å². The zero-order valence-corrected chi connectivity index (χ0v) is 22.6. The quantitative estimate of drug-likeness (QED) is 0.184. The predicted octanol–water partition coefficient (Wildman–Crippen LogP) is 6.21. The van der Waals surface area contributed by atoms with Gasteiger partial charge >= 0.3 is 0 Å². The van der Waals surface area contributed by atoms with E-state index in [1.165, 1.54) is 25.7 Å². The van der Waals surface area contributed by atoms with Gasteiger partial charge in [0, 0.05) is 17.8 Å². The molecule has 0 unspecified atom stereocenters. The Labute approximate surface area is 225 Å². The second-order valence-corrected chi connectivity index (χ2v) is 9.78. The van der Waals surface area contributed by atoms with Crippen molar-refractivity contribution < 1.29 is 4.79 Å². The van der Waals surface area contributed by atoms with Crippen LogP contribution in [-0.4, -0.2) is 42.9 Å². The summed E-state index contributed by atoms with van der Waals surface area (Å²) in [4.78, 5) is 12.8. The van der Waals surface area contributed by atoms with Gasteiger partial charge in [-0.15, -0.1) is 10.2 Å². The van der Waals surface area contributed by atoms with Gasteiger partial charge < -0.3 is 5.32 Å². The minimum atomic E-state index is -0.0801. The first kappa shape index (κ1) is 27.2. The van der Waals surface area contributed by atoms with Crippen LogP contribution in [0, 0.1) is 0 Å². The number of amides is 1. The van der Waals surface area contributed by atoms with Crippen LogP contribution >= 0.6 is 0 Å². The number of carbonyl (C=O) groups is 1. The van der Waals surface area contributed by atoms with E-state index >= 15 is 0 Å². The summed E-state index contributed by atoms with van der Waals surface area (Å²) >= 11 is 0. The lowest BCUT2D eigenvalue weighted by molar-refractivity contribution is 0.0947. The number of unbranched alkanes of at least 4 members (excludes halogenated alkanes) is 6. The van der Waals surface area contributed by atoms with E-state index in [0.29, 0.717) is 24.6 Å². The molecule has 8 heteroatoms. The van der Waals surface area contributed by atoms with Crippen LogP contribution in [0.3, 0.4) is 0 Å². The molecule has 2 N–H and O–H groups in total. The molecule has 8 nitrogen and oxygen atoms in total. The highest BCUT2D eigenvalue weighted by atomic mass is 16.1. The lowest BCUT2D eigenvalue weighted by Crippen LogP contribution is -2.25. The summed E-state index contributed by atoms with van der Waals surface area (Å²) in [6, 6.07) is 18.5. The molecular formula is C30H39N7O. The molecule has 0 aliphatic rings. The van der Waals surface area contributed by atoms with E-state index in [0.717, 1.165) is 60.1 Å². The third-order valence-corrected chi connectivity index (χ3v) is 6.81. The first-order valence-corrected chi connectivity index (χ1v) is 14.0. The number of tetrazole rings is 1. The fourth-order valence-corrected chi connectivity index (χ4v) is 4.63. The number of aryl methyl sites for hydroxylation is 1. The summed E-state index contributed by atoms with van der Waals surface area (Å²) in [7, 11) is 0. The van der Waals surface area contributed by atoms with Crippen molar-refractivity contribution in [3.8, 4) is 22.5 Å². The molecule has 0 radical (unpaired) electrons. The van der Waals surface area contributed by atoms with Gasteiger partial charge in [-0.2, -0.15) is 10.3 Å². The van der Waals surface area contributed by atoms with Crippen LogP contribution in [0.5, 0.6) is 0 Å². The van der Waals surface area contributed by atoms with Crippen molar-refractivity contribution in [3.63, 3.8) is 0 Å². The summed E-state index contributed by atoms with van der Waals surface area (Å²) in [5, 5.41) is 22.3. The number of benzene rings is 2. The summed E-state index contributed by atoms with van der Waals surface area (Å²) in [5.74, 6) is 0.493. The van der Waals surface area contributed by atoms with Gasteiger partial charge in [0.05, 0.1) is 6.54 Å². The fourth-order valence-electron chi connectivity index (χ4n) is 4.63. The Morgan fingerprint density at radius 3 is 2.37 bits per heavy atom. The fraction of sp³-hybridized carbons (Fsp3) is 0.433. The summed E-state index contributed by atoms with van der Waals surface area (Å²) in [6.45, 7) is 5.73. The molecular weight excluding hydrogens is 474 g/mol. The van der Waals surface area contributed by atoms with Crippen LogP contribution < -0.4 is 5.32 Å². The molecule has 0 aliphatic heterocycles. The maximum absolute atomic E-state index is 12.8. The number of rotatable bonds is 15. The molecule has 0 saturated carbocycles. The Morgan fingerprint density at radius 2 is 1.63 bits per heavy atom. The van der Waals surface area contributed by atoms with Crippen molar-refractivity contribution in [2.45, 2.75) is 78.2 Å². The van der Waals surface area contributed by atoms with E-state index in [-0.39, 0.29) is 5.91 Å². The smallest absolute Gasteiger partial charge is 0.271 e. The van der Waals surface area contributed by atoms with Crippen LogP contribution in [0.1, 0.15) is 87.0 Å². The number of carbonyl (C=O) groups excluding carboxylic acids is 1. The van der Waals surface area contributed by atoms with Crippen LogP contribution in [0.2, 0.25) is 0 Å². The van der Waals surface area contributed by atoms with Gasteiger partial charge in [0.25, 0.3) is 5.91 Å². The van der Waals surface area contributed by atoms with Gasteiger partial charge in [0.15, 0.2) is 0 Å². The number of hydrogen-bond donors (Lipinski definition) is 2. The Kier molecular flexibility index (Phi) is 10.2. The Morgan fingerprint density at radius 1 is 0.895 bits per heavy atom. The standard InChI is InChI=1S/C30H39N7O/c1-3-5-7-8-9-12-20-31-30(38)28-21-25(13-6-4-2)37(34-28)22-23-16-18-24(19-17-23)26-14-10-11-15-27(26)29-32-35-36-33-29/h10-11,14-19,21H,3-9,12-13,20,22H2,1-2H3,(H,31,38)(H,32,33,35,36). The molecule has 38 heavy (non-hydrogen) atoms. The van der Waals surface area contributed by atoms with Crippen molar-refractivity contribution >= 4 is 5.91 Å². The molecule has 0 saturated heterocycles. The second kappa shape index (κ2) is 14.2. The van der Waals surface area contributed by atoms with Gasteiger partial charge in [0.1, 0.15) is 5.69 Å². The highest BCUT2D eigenvalue weighted by Crippen LogP contribution is 2.29. The van der Waals surface area contributed by atoms with Crippen molar-refractivity contribution in [2.24, 2.45) is 0 Å². The number of aromatic amines is 1. The average molecular weight is 514 g/mol. The number of hydrogen-bond acceptors (Lipinski definition) is 5. The van der Waals surface area contributed by atoms with Gasteiger partial charge in [-0.25, -0.2) is 0 Å². The molecule has 2 aromatic heterocycles. The normalized spacial score (nSPS) is 11.1. The van der Waals surface area contributed by atoms with Crippen molar-refractivity contribution in [2.75, 3.05) is 6.54 Å². The highest BCUT2D eigenvalue weighted by Gasteiger charge is 2.15. The van der Waals surface area contributed by atoms with Crippen molar-refractivity contribution in [3.05, 3.63) is 71.5 Å². The van der Waals surface area contributed by atoms with E-state index in [1.54, 1.807) is 0 Å². The Bertz CT molecular complexity index is 1260. The average Bonchev–Trinajstić information content (AvgIpc) is 3.62. The lowest BCUT2D eigenvalue weighted by Gasteiger charge is -2.10. The molecule has 0 fully saturated rings. The highest BCUT2D eigenvalue weighted by molar-refractivity contribution is 5.92. The van der Waals surface area contributed by atoms with E-state index < -0.39 is 0 Å². The third-order valence-electron chi connectivity index (χ3n) is 6.81. The zero-order valence-electron chi connectivity index (χ0n) is 22.6. The van der Waals surface area contributed by atoms with E-state index in [1.807, 2.05) is 28.9 Å². The molecule has 200 valence electrons. The molecule has 0 spiro atoms. The van der Waals surface area contributed by atoms with Crippen LogP contribution in [0.4, 0.5) is 0 Å². The second-order valence-electron chi connectivity index (χ2n) is 9.78. The van der Waals surface area contributed by atoms with E-state index in [9.17, 15) is 4.79 Å². The summed E-state index contributed by atoms with van der Waals surface area (Å²) in [5.41, 5.74) is 5.80. The van der Waals surface area contributed by atoms with Gasteiger partial charge in [0.2, 0.25) is 5.82 Å². The van der Waals surface area contributed by atoms with Gasteiger partial charge in [-0.05, 0) is 47.2 Å².